The van der Waals surface area contributed by atoms with Crippen LogP contribution in [-0.2, 0) is 0 Å². The van der Waals surface area contributed by atoms with Crippen molar-refractivity contribution in [2.45, 2.75) is 0 Å². The Hall–Kier alpha value is -2.81. The topological polar surface area (TPSA) is 108 Å². The minimum atomic E-state index is -1.25. The number of carboxylic acids is 1. The van der Waals surface area contributed by atoms with Crippen LogP contribution in [-0.4, -0.2) is 15.7 Å². The Morgan fingerprint density at radius 1 is 1.41 bits per heavy atom. The van der Waals surface area contributed by atoms with Crippen LogP contribution in [0.5, 0.6) is 0 Å². The summed E-state index contributed by atoms with van der Waals surface area (Å²) in [7, 11) is 0. The summed E-state index contributed by atoms with van der Waals surface area (Å²) in [6.07, 6.45) is 1.35. The molecule has 0 atom stereocenters. The lowest BCUT2D eigenvalue weighted by atomic mass is 10.2. The molecule has 1 aromatic heterocycles. The third-order valence-electron chi connectivity index (χ3n) is 2.27. The average molecular weight is 227 g/mol. The Labute approximate surface area is 96.5 Å². The lowest BCUT2D eigenvalue weighted by molar-refractivity contribution is -0.255. The van der Waals surface area contributed by atoms with Gasteiger partial charge in [0.15, 0.2) is 0 Å². The number of rotatable bonds is 2. The van der Waals surface area contributed by atoms with Gasteiger partial charge in [0.25, 0.3) is 0 Å². The highest BCUT2D eigenvalue weighted by Crippen LogP contribution is 2.16. The third kappa shape index (κ3) is 1.81. The van der Waals surface area contributed by atoms with Gasteiger partial charge in [-0.25, -0.2) is 4.68 Å². The quantitative estimate of drug-likeness (QED) is 0.757. The van der Waals surface area contributed by atoms with Gasteiger partial charge in [-0.15, -0.1) is 0 Å². The number of carboxylic acid groups (broad SMARTS) is 1. The molecule has 0 radical (unpaired) electrons. The minimum Gasteiger partial charge on any atom is -0.545 e. The van der Waals surface area contributed by atoms with Crippen molar-refractivity contribution in [1.29, 1.82) is 5.26 Å². The van der Waals surface area contributed by atoms with Crippen LogP contribution in [0.2, 0.25) is 0 Å². The van der Waals surface area contributed by atoms with E-state index < -0.39 is 5.97 Å². The van der Waals surface area contributed by atoms with Crippen molar-refractivity contribution in [2.75, 3.05) is 5.73 Å². The van der Waals surface area contributed by atoms with E-state index in [1.165, 1.54) is 35.1 Å². The number of carbonyl (C=O) groups excluding carboxylic acids is 1. The summed E-state index contributed by atoms with van der Waals surface area (Å²) in [5, 5.41) is 23.2. The first-order valence-corrected chi connectivity index (χ1v) is 4.69. The van der Waals surface area contributed by atoms with Gasteiger partial charge in [0.05, 0.1) is 17.9 Å². The molecule has 0 saturated carbocycles. The number of nitrogen functional groups attached to an aromatic ring is 1. The van der Waals surface area contributed by atoms with Gasteiger partial charge >= 0.3 is 0 Å². The van der Waals surface area contributed by atoms with Crippen molar-refractivity contribution >= 4 is 11.8 Å². The number of nitrogens with two attached hydrogens (primary N) is 1. The van der Waals surface area contributed by atoms with Crippen molar-refractivity contribution < 1.29 is 9.90 Å². The molecule has 0 bridgehead atoms. The fourth-order valence-corrected chi connectivity index (χ4v) is 1.39. The molecule has 0 aliphatic carbocycles. The Kier molecular flexibility index (Phi) is 2.51. The maximum absolute atomic E-state index is 10.6. The average Bonchev–Trinajstić information content (AvgIpc) is 2.70. The standard InChI is InChI=1S/C11H8N4O2/c12-5-8-6-14-15(10(8)13)9-3-1-7(2-4-9)11(16)17/h1-4,6H,13H2,(H,16,17)/p-1. The number of carbonyl (C=O) groups is 1. The number of aromatic nitrogens is 2. The molecule has 0 aliphatic rings. The molecule has 6 heteroatoms. The molecule has 1 heterocycles. The molecule has 0 saturated heterocycles. The Morgan fingerprint density at radius 2 is 2.06 bits per heavy atom. The van der Waals surface area contributed by atoms with Crippen LogP contribution in [0, 0.1) is 11.3 Å². The third-order valence-corrected chi connectivity index (χ3v) is 2.27. The minimum absolute atomic E-state index is 0.0694. The van der Waals surface area contributed by atoms with E-state index >= 15 is 0 Å². The van der Waals surface area contributed by atoms with Gasteiger partial charge in [-0.2, -0.15) is 10.4 Å². The van der Waals surface area contributed by atoms with E-state index in [1.807, 2.05) is 6.07 Å². The molecule has 2 rings (SSSR count). The van der Waals surface area contributed by atoms with Crippen LogP contribution in [0.3, 0.4) is 0 Å². The lowest BCUT2D eigenvalue weighted by Crippen LogP contribution is -2.22. The van der Waals surface area contributed by atoms with Crippen molar-refractivity contribution in [3.8, 4) is 11.8 Å². The van der Waals surface area contributed by atoms with Crippen LogP contribution in [0.25, 0.3) is 5.69 Å². The number of benzene rings is 1. The molecule has 2 aromatic rings. The largest absolute Gasteiger partial charge is 0.545 e. The zero-order valence-electron chi connectivity index (χ0n) is 8.62. The van der Waals surface area contributed by atoms with Crippen LogP contribution in [0.15, 0.2) is 30.5 Å². The number of nitrogens with zero attached hydrogens (tertiary/aromatic N) is 3. The summed E-state index contributed by atoms with van der Waals surface area (Å²) >= 11 is 0. The van der Waals surface area contributed by atoms with E-state index in [9.17, 15) is 9.90 Å². The number of anilines is 1. The van der Waals surface area contributed by atoms with E-state index in [1.54, 1.807) is 0 Å². The molecule has 0 aliphatic heterocycles. The highest BCUT2D eigenvalue weighted by Gasteiger charge is 2.08. The second-order valence-electron chi connectivity index (χ2n) is 3.30. The predicted octanol–water partition coefficient (Wildman–Crippen LogP) is -0.310. The predicted molar refractivity (Wildman–Crippen MR) is 57.0 cm³/mol. The highest BCUT2D eigenvalue weighted by atomic mass is 16.4. The number of hydrogen-bond acceptors (Lipinski definition) is 5. The van der Waals surface area contributed by atoms with Gasteiger partial charge in [-0.1, -0.05) is 12.1 Å². The smallest absolute Gasteiger partial charge is 0.145 e. The number of aromatic carboxylic acids is 1. The highest BCUT2D eigenvalue weighted by molar-refractivity contribution is 5.85. The molecule has 1 aromatic carbocycles. The van der Waals surface area contributed by atoms with Gasteiger partial charge in [-0.3, -0.25) is 0 Å². The van der Waals surface area contributed by atoms with Crippen molar-refractivity contribution in [1.82, 2.24) is 9.78 Å². The van der Waals surface area contributed by atoms with Crippen molar-refractivity contribution in [3.63, 3.8) is 0 Å². The van der Waals surface area contributed by atoms with E-state index in [2.05, 4.69) is 5.10 Å². The van der Waals surface area contributed by atoms with Gasteiger partial charge in [0.2, 0.25) is 0 Å². The Bertz CT molecular complexity index is 607. The Balaban J connectivity index is 2.44. The summed E-state index contributed by atoms with van der Waals surface area (Å²) in [6, 6.07) is 7.75. The van der Waals surface area contributed by atoms with E-state index in [0.717, 1.165) is 0 Å². The van der Waals surface area contributed by atoms with E-state index in [0.29, 0.717) is 5.69 Å². The zero-order valence-corrected chi connectivity index (χ0v) is 8.62. The zero-order chi connectivity index (χ0) is 12.4. The fraction of sp³-hybridized carbons (Fsp3) is 0. The molecule has 0 unspecified atom stereocenters. The second kappa shape index (κ2) is 3.98. The molecule has 0 fully saturated rings. The first-order chi connectivity index (χ1) is 8.13. The second-order valence-corrected chi connectivity index (χ2v) is 3.30. The molecule has 17 heavy (non-hydrogen) atoms. The van der Waals surface area contributed by atoms with Gasteiger partial charge < -0.3 is 15.6 Å². The van der Waals surface area contributed by atoms with Gasteiger partial charge in [0.1, 0.15) is 17.5 Å². The van der Waals surface area contributed by atoms with Crippen LogP contribution in [0.4, 0.5) is 5.82 Å². The monoisotopic (exact) mass is 227 g/mol. The molecule has 0 spiro atoms. The van der Waals surface area contributed by atoms with Gasteiger partial charge in [0, 0.05) is 0 Å². The van der Waals surface area contributed by atoms with Crippen molar-refractivity contribution in [3.05, 3.63) is 41.6 Å². The lowest BCUT2D eigenvalue weighted by Gasteiger charge is -2.06. The summed E-state index contributed by atoms with van der Waals surface area (Å²) in [4.78, 5) is 10.6. The normalized spacial score (nSPS) is 9.82. The van der Waals surface area contributed by atoms with Crippen LogP contribution >= 0.6 is 0 Å². The Morgan fingerprint density at radius 3 is 2.53 bits per heavy atom. The number of hydrogen-bond donors (Lipinski definition) is 1. The SMILES string of the molecule is N#Cc1cnn(-c2ccc(C(=O)[O-])cc2)c1N. The van der Waals surface area contributed by atoms with Crippen molar-refractivity contribution in [2.24, 2.45) is 0 Å². The maximum Gasteiger partial charge on any atom is 0.145 e. The van der Waals surface area contributed by atoms with Crippen LogP contribution in [0.1, 0.15) is 15.9 Å². The molecule has 6 nitrogen and oxygen atoms in total. The first-order valence-electron chi connectivity index (χ1n) is 4.69. The summed E-state index contributed by atoms with van der Waals surface area (Å²) in [5.41, 5.74) is 6.61. The maximum atomic E-state index is 10.6. The summed E-state index contributed by atoms with van der Waals surface area (Å²) in [5.74, 6) is -1.03. The fourth-order valence-electron chi connectivity index (χ4n) is 1.39. The van der Waals surface area contributed by atoms with Gasteiger partial charge in [-0.05, 0) is 17.7 Å². The molecule has 0 amide bonds. The summed E-state index contributed by atoms with van der Waals surface area (Å²) in [6.45, 7) is 0. The molecular formula is C11H7N4O2-. The molecule has 84 valence electrons. The first kappa shape index (κ1) is 10.7. The van der Waals surface area contributed by atoms with E-state index in [-0.39, 0.29) is 16.9 Å². The van der Waals surface area contributed by atoms with Crippen LogP contribution < -0.4 is 10.8 Å². The summed E-state index contributed by atoms with van der Waals surface area (Å²) < 4.78 is 1.36. The molecule has 2 N–H and O–H groups in total. The molecular weight excluding hydrogens is 220 g/mol. The number of nitriles is 1. The van der Waals surface area contributed by atoms with E-state index in [4.69, 9.17) is 11.0 Å².